The molecule has 1 N–H and O–H groups in total. The lowest BCUT2D eigenvalue weighted by molar-refractivity contribution is -0.942. The van der Waals surface area contributed by atoms with E-state index in [1.807, 2.05) is 4.90 Å². The number of quaternary nitrogens is 1. The molecule has 3 rings (SSSR count). The molecule has 3 aliphatic rings. The van der Waals surface area contributed by atoms with E-state index in [0.29, 0.717) is 12.2 Å². The van der Waals surface area contributed by atoms with Crippen molar-refractivity contribution in [3.05, 3.63) is 0 Å². The molecule has 2 heteroatoms. The summed E-state index contributed by atoms with van der Waals surface area (Å²) in [6.45, 7) is 6.97. The lowest BCUT2D eigenvalue weighted by atomic mass is 9.93. The Balaban J connectivity index is 1.66. The number of morpholine rings is 1. The predicted octanol–water partition coefficient (Wildman–Crippen LogP) is 0.867. The molecule has 0 aromatic rings. The molecule has 1 aliphatic heterocycles. The fourth-order valence-electron chi connectivity index (χ4n) is 4.36. The molecular formula is C13H24NO+. The summed E-state index contributed by atoms with van der Waals surface area (Å²) < 4.78 is 5.84. The van der Waals surface area contributed by atoms with Crippen molar-refractivity contribution in [1.29, 1.82) is 0 Å². The molecule has 2 nitrogen and oxygen atoms in total. The Labute approximate surface area is 93.0 Å². The van der Waals surface area contributed by atoms with Gasteiger partial charge >= 0.3 is 0 Å². The van der Waals surface area contributed by atoms with Gasteiger partial charge in [0, 0.05) is 12.3 Å². The monoisotopic (exact) mass is 210 g/mol. The minimum atomic E-state index is 0.475. The summed E-state index contributed by atoms with van der Waals surface area (Å²) >= 11 is 0. The summed E-state index contributed by atoms with van der Waals surface area (Å²) in [6.07, 6.45) is 7.04. The van der Waals surface area contributed by atoms with Crippen molar-refractivity contribution in [1.82, 2.24) is 0 Å². The summed E-state index contributed by atoms with van der Waals surface area (Å²) in [7, 11) is 0. The van der Waals surface area contributed by atoms with E-state index in [0.717, 1.165) is 17.9 Å². The van der Waals surface area contributed by atoms with Crippen LogP contribution in [0.3, 0.4) is 0 Å². The number of rotatable bonds is 1. The molecule has 2 aliphatic carbocycles. The van der Waals surface area contributed by atoms with Crippen LogP contribution >= 0.6 is 0 Å². The number of ether oxygens (including phenoxy) is 1. The lowest BCUT2D eigenvalue weighted by Crippen LogP contribution is -3.19. The van der Waals surface area contributed by atoms with Gasteiger partial charge in [0.05, 0.1) is 6.04 Å². The zero-order valence-electron chi connectivity index (χ0n) is 10.0. The van der Waals surface area contributed by atoms with Gasteiger partial charge in [0.2, 0.25) is 0 Å². The van der Waals surface area contributed by atoms with Crippen molar-refractivity contribution < 1.29 is 9.64 Å². The van der Waals surface area contributed by atoms with E-state index in [9.17, 15) is 0 Å². The van der Waals surface area contributed by atoms with Crippen LogP contribution in [-0.4, -0.2) is 31.3 Å². The van der Waals surface area contributed by atoms with Crippen LogP contribution in [0.25, 0.3) is 0 Å². The molecule has 2 bridgehead atoms. The Morgan fingerprint density at radius 1 is 1.00 bits per heavy atom. The van der Waals surface area contributed by atoms with Crippen LogP contribution in [0.1, 0.15) is 39.5 Å². The van der Waals surface area contributed by atoms with Gasteiger partial charge in [0.15, 0.2) is 0 Å². The van der Waals surface area contributed by atoms with Crippen molar-refractivity contribution in [2.75, 3.05) is 13.1 Å². The smallest absolute Gasteiger partial charge is 0.104 e. The number of nitrogens with one attached hydrogen (secondary N) is 1. The van der Waals surface area contributed by atoms with Gasteiger partial charge in [-0.1, -0.05) is 0 Å². The van der Waals surface area contributed by atoms with Gasteiger partial charge < -0.3 is 9.64 Å². The standard InChI is InChI=1S/C13H23NO/c1-9-7-14(8-10(2)15-9)13-6-11-3-4-12(13)5-11/h9-13H,3-8H2,1-2H3/p+1/t9-,10+,11-,12-,13+/m1/s1. The van der Waals surface area contributed by atoms with Crippen LogP contribution in [-0.2, 0) is 4.74 Å². The van der Waals surface area contributed by atoms with Crippen LogP contribution < -0.4 is 4.90 Å². The van der Waals surface area contributed by atoms with E-state index in [-0.39, 0.29) is 0 Å². The zero-order valence-corrected chi connectivity index (χ0v) is 10.0. The Kier molecular flexibility index (Phi) is 2.52. The van der Waals surface area contributed by atoms with Gasteiger partial charge in [-0.3, -0.25) is 0 Å². The second-order valence-electron chi connectivity index (χ2n) is 6.11. The van der Waals surface area contributed by atoms with Crippen molar-refractivity contribution in [2.45, 2.75) is 57.8 Å². The Hall–Kier alpha value is -0.0800. The molecule has 0 amide bonds. The number of hydrogen-bond acceptors (Lipinski definition) is 1. The molecule has 1 heterocycles. The van der Waals surface area contributed by atoms with Gasteiger partial charge in [-0.25, -0.2) is 0 Å². The van der Waals surface area contributed by atoms with Crippen LogP contribution in [0.15, 0.2) is 0 Å². The van der Waals surface area contributed by atoms with Crippen LogP contribution in [0.5, 0.6) is 0 Å². The minimum absolute atomic E-state index is 0.475. The van der Waals surface area contributed by atoms with E-state index in [1.54, 1.807) is 0 Å². The highest BCUT2D eigenvalue weighted by molar-refractivity contribution is 4.90. The molecule has 6 atom stereocenters. The highest BCUT2D eigenvalue weighted by Crippen LogP contribution is 2.43. The van der Waals surface area contributed by atoms with E-state index < -0.39 is 0 Å². The zero-order chi connectivity index (χ0) is 10.4. The maximum absolute atomic E-state index is 5.84. The first kappa shape index (κ1) is 10.1. The van der Waals surface area contributed by atoms with Crippen molar-refractivity contribution in [2.24, 2.45) is 11.8 Å². The highest BCUT2D eigenvalue weighted by Gasteiger charge is 2.46. The van der Waals surface area contributed by atoms with Gasteiger partial charge in [-0.15, -0.1) is 0 Å². The molecule has 3 fully saturated rings. The molecule has 86 valence electrons. The molecule has 0 aromatic carbocycles. The third-order valence-electron chi connectivity index (χ3n) is 4.83. The van der Waals surface area contributed by atoms with E-state index >= 15 is 0 Å². The summed E-state index contributed by atoms with van der Waals surface area (Å²) in [6, 6.07) is 0.984. The molecule has 0 spiro atoms. The second-order valence-corrected chi connectivity index (χ2v) is 6.11. The third-order valence-corrected chi connectivity index (χ3v) is 4.83. The van der Waals surface area contributed by atoms with Gasteiger partial charge in [0.1, 0.15) is 25.3 Å². The normalized spacial score (nSPS) is 54.8. The van der Waals surface area contributed by atoms with Crippen LogP contribution in [0.2, 0.25) is 0 Å². The molecule has 15 heavy (non-hydrogen) atoms. The molecule has 1 unspecified atom stereocenters. The first-order valence-corrected chi connectivity index (χ1v) is 6.72. The minimum Gasteiger partial charge on any atom is -0.364 e. The van der Waals surface area contributed by atoms with Crippen LogP contribution in [0.4, 0.5) is 0 Å². The topological polar surface area (TPSA) is 13.7 Å². The molecule has 0 radical (unpaired) electrons. The Bertz CT molecular complexity index is 233. The van der Waals surface area contributed by atoms with Crippen LogP contribution in [0, 0.1) is 11.8 Å². The van der Waals surface area contributed by atoms with Gasteiger partial charge in [-0.2, -0.15) is 0 Å². The van der Waals surface area contributed by atoms with E-state index in [1.165, 1.54) is 38.8 Å². The summed E-state index contributed by atoms with van der Waals surface area (Å²) in [5.41, 5.74) is 0. The fraction of sp³-hybridized carbons (Fsp3) is 1.00. The number of fused-ring (bicyclic) bond motifs is 2. The van der Waals surface area contributed by atoms with Gasteiger partial charge in [-0.05, 0) is 39.0 Å². The second kappa shape index (κ2) is 3.74. The largest absolute Gasteiger partial charge is 0.364 e. The van der Waals surface area contributed by atoms with Crippen molar-refractivity contribution in [3.63, 3.8) is 0 Å². The summed E-state index contributed by atoms with van der Waals surface area (Å²) in [5.74, 6) is 2.14. The fourth-order valence-corrected chi connectivity index (χ4v) is 4.36. The summed E-state index contributed by atoms with van der Waals surface area (Å²) in [4.78, 5) is 1.86. The third kappa shape index (κ3) is 1.83. The predicted molar refractivity (Wildman–Crippen MR) is 59.9 cm³/mol. The molecule has 0 aromatic heterocycles. The summed E-state index contributed by atoms with van der Waals surface area (Å²) in [5, 5.41) is 0. The molecule has 2 saturated carbocycles. The number of hydrogen-bond donors (Lipinski definition) is 1. The Morgan fingerprint density at radius 3 is 2.27 bits per heavy atom. The average Bonchev–Trinajstić information content (AvgIpc) is 2.76. The Morgan fingerprint density at radius 2 is 1.73 bits per heavy atom. The first-order valence-electron chi connectivity index (χ1n) is 6.72. The van der Waals surface area contributed by atoms with E-state index in [4.69, 9.17) is 4.74 Å². The lowest BCUT2D eigenvalue weighted by Gasteiger charge is -2.38. The quantitative estimate of drug-likeness (QED) is 0.678. The van der Waals surface area contributed by atoms with Crippen molar-refractivity contribution in [3.8, 4) is 0 Å². The van der Waals surface area contributed by atoms with E-state index in [2.05, 4.69) is 13.8 Å². The highest BCUT2D eigenvalue weighted by atomic mass is 16.5. The molecule has 1 saturated heterocycles. The van der Waals surface area contributed by atoms with Gasteiger partial charge in [0.25, 0.3) is 0 Å². The SMILES string of the molecule is C[C@@H]1C[NH+]([C@H]2C[C@@H]3CC[C@@H]2C3)C[C@H](C)O1. The first-order chi connectivity index (χ1) is 7.22. The maximum Gasteiger partial charge on any atom is 0.104 e. The maximum atomic E-state index is 5.84. The van der Waals surface area contributed by atoms with Crippen molar-refractivity contribution >= 4 is 0 Å². The molecular weight excluding hydrogens is 186 g/mol. The average molecular weight is 210 g/mol.